The fourth-order valence-electron chi connectivity index (χ4n) is 2.47. The average molecular weight is 296 g/mol. The zero-order valence-corrected chi connectivity index (χ0v) is 13.5. The van der Waals surface area contributed by atoms with Crippen LogP contribution in [0.25, 0.3) is 0 Å². The average Bonchev–Trinajstić information content (AvgIpc) is 2.56. The Hall–Kier alpha value is -1.80. The molecule has 1 radical (unpaired) electrons. The molecule has 0 unspecified atom stereocenters. The van der Waals surface area contributed by atoms with Gasteiger partial charge in [-0.1, -0.05) is 55.3 Å². The van der Waals surface area contributed by atoms with E-state index in [0.717, 1.165) is 31.9 Å². The lowest BCUT2D eigenvalue weighted by Gasteiger charge is -2.16. The van der Waals surface area contributed by atoms with E-state index in [9.17, 15) is 0 Å². The molecule has 22 heavy (non-hydrogen) atoms. The Labute approximate surface area is 134 Å². The fourth-order valence-corrected chi connectivity index (χ4v) is 2.47. The lowest BCUT2D eigenvalue weighted by atomic mass is 10.2. The second-order valence-electron chi connectivity index (χ2n) is 5.72. The van der Waals surface area contributed by atoms with E-state index >= 15 is 0 Å². The number of benzene rings is 2. The number of ether oxygens (including phenoxy) is 1. The van der Waals surface area contributed by atoms with Crippen molar-refractivity contribution in [2.45, 2.75) is 32.2 Å². The molecule has 0 atom stereocenters. The maximum absolute atomic E-state index is 5.68. The van der Waals surface area contributed by atoms with Crippen molar-refractivity contribution in [3.05, 3.63) is 66.2 Å². The number of hydrogen-bond donors (Lipinski definition) is 0. The Kier molecular flexibility index (Phi) is 7.54. The Bertz CT molecular complexity index is 498. The van der Waals surface area contributed by atoms with Crippen molar-refractivity contribution in [1.82, 2.24) is 4.90 Å². The van der Waals surface area contributed by atoms with Crippen LogP contribution in [0.3, 0.4) is 0 Å². The van der Waals surface area contributed by atoms with Crippen LogP contribution >= 0.6 is 0 Å². The second kappa shape index (κ2) is 10.0. The summed E-state index contributed by atoms with van der Waals surface area (Å²) in [7, 11) is 2.20. The Morgan fingerprint density at radius 1 is 0.909 bits per heavy atom. The summed E-state index contributed by atoms with van der Waals surface area (Å²) >= 11 is 0. The largest absolute Gasteiger partial charge is 0.494 e. The molecule has 0 aliphatic heterocycles. The van der Waals surface area contributed by atoms with Gasteiger partial charge in [0.05, 0.1) is 6.61 Å². The number of hydrogen-bond acceptors (Lipinski definition) is 2. The van der Waals surface area contributed by atoms with Crippen LogP contribution in [0.1, 0.15) is 31.2 Å². The molecular weight excluding hydrogens is 270 g/mol. The van der Waals surface area contributed by atoms with Gasteiger partial charge in [0.15, 0.2) is 0 Å². The number of unbranched alkanes of at least 4 members (excludes halogenated alkanes) is 3. The maximum atomic E-state index is 5.68. The van der Waals surface area contributed by atoms with Gasteiger partial charge < -0.3 is 9.64 Å². The third-order valence-electron chi connectivity index (χ3n) is 3.69. The lowest BCUT2D eigenvalue weighted by Crippen LogP contribution is -2.19. The van der Waals surface area contributed by atoms with Crippen molar-refractivity contribution >= 4 is 0 Å². The highest BCUT2D eigenvalue weighted by molar-refractivity contribution is 5.20. The van der Waals surface area contributed by atoms with Crippen LogP contribution in [0.4, 0.5) is 0 Å². The third-order valence-corrected chi connectivity index (χ3v) is 3.69. The highest BCUT2D eigenvalue weighted by Gasteiger charge is 2.00. The van der Waals surface area contributed by atoms with Gasteiger partial charge in [-0.25, -0.2) is 0 Å². The molecule has 0 bridgehead atoms. The Morgan fingerprint density at radius 2 is 1.64 bits per heavy atom. The van der Waals surface area contributed by atoms with Crippen LogP contribution in [0.15, 0.2) is 54.6 Å². The number of nitrogens with zero attached hydrogens (tertiary/aromatic N) is 1. The van der Waals surface area contributed by atoms with Crippen LogP contribution in [0.2, 0.25) is 0 Å². The predicted molar refractivity (Wildman–Crippen MR) is 92.0 cm³/mol. The molecule has 0 aliphatic rings. The molecule has 0 heterocycles. The van der Waals surface area contributed by atoms with E-state index in [4.69, 9.17) is 4.74 Å². The number of rotatable bonds is 10. The first-order valence-corrected chi connectivity index (χ1v) is 8.16. The molecule has 0 fully saturated rings. The van der Waals surface area contributed by atoms with E-state index in [1.54, 1.807) is 0 Å². The van der Waals surface area contributed by atoms with E-state index in [0.29, 0.717) is 0 Å². The molecular formula is C20H26NO. The van der Waals surface area contributed by atoms with Crippen molar-refractivity contribution in [3.63, 3.8) is 0 Å². The van der Waals surface area contributed by atoms with Gasteiger partial charge >= 0.3 is 0 Å². The summed E-state index contributed by atoms with van der Waals surface area (Å²) in [5.41, 5.74) is 1.39. The first-order chi connectivity index (χ1) is 10.8. The molecule has 0 aliphatic carbocycles. The lowest BCUT2D eigenvalue weighted by molar-refractivity contribution is 0.294. The Morgan fingerprint density at radius 3 is 2.41 bits per heavy atom. The summed E-state index contributed by atoms with van der Waals surface area (Å²) in [6.07, 6.45) is 4.88. The monoisotopic (exact) mass is 296 g/mol. The van der Waals surface area contributed by atoms with Gasteiger partial charge in [0.2, 0.25) is 0 Å². The summed E-state index contributed by atoms with van der Waals surface area (Å²) in [6, 6.07) is 21.3. The van der Waals surface area contributed by atoms with Crippen molar-refractivity contribution in [2.75, 3.05) is 20.2 Å². The summed E-state index contributed by atoms with van der Waals surface area (Å²) in [5, 5.41) is 0. The van der Waals surface area contributed by atoms with E-state index in [2.05, 4.69) is 48.3 Å². The van der Waals surface area contributed by atoms with E-state index in [1.165, 1.54) is 24.8 Å². The van der Waals surface area contributed by atoms with E-state index in [1.807, 2.05) is 24.3 Å². The van der Waals surface area contributed by atoms with Gasteiger partial charge in [-0.05, 0) is 50.2 Å². The zero-order chi connectivity index (χ0) is 15.5. The molecule has 2 rings (SSSR count). The fraction of sp³-hybridized carbons (Fsp3) is 0.400. The molecule has 0 aromatic heterocycles. The van der Waals surface area contributed by atoms with Crippen molar-refractivity contribution < 1.29 is 4.74 Å². The minimum absolute atomic E-state index is 0.809. The van der Waals surface area contributed by atoms with Crippen molar-refractivity contribution in [3.8, 4) is 5.75 Å². The zero-order valence-electron chi connectivity index (χ0n) is 13.5. The second-order valence-corrected chi connectivity index (χ2v) is 5.72. The first kappa shape index (κ1) is 16.6. The van der Waals surface area contributed by atoms with Gasteiger partial charge in [0, 0.05) is 6.54 Å². The standard InChI is InChI=1S/C20H26NO/c1-21(18-19-12-6-4-7-13-19)16-10-2-3-11-17-22-20-14-8-5-9-15-20/h4,6-9,12-15H,2-3,10-11,16-18H2,1H3. The predicted octanol–water partition coefficient (Wildman–Crippen LogP) is 4.56. The van der Waals surface area contributed by atoms with Crippen LogP contribution in [0.5, 0.6) is 5.75 Å². The maximum Gasteiger partial charge on any atom is 0.119 e. The molecule has 2 aromatic rings. The quantitative estimate of drug-likeness (QED) is 0.596. The summed E-state index contributed by atoms with van der Waals surface area (Å²) in [4.78, 5) is 2.40. The van der Waals surface area contributed by atoms with E-state index in [-0.39, 0.29) is 0 Å². The SMILES string of the molecule is CN(CCCCCCOc1cc[c]cc1)Cc1ccccc1. The molecule has 0 saturated heterocycles. The Balaban J connectivity index is 1.47. The van der Waals surface area contributed by atoms with E-state index < -0.39 is 0 Å². The highest BCUT2D eigenvalue weighted by Crippen LogP contribution is 2.10. The molecule has 117 valence electrons. The topological polar surface area (TPSA) is 12.5 Å². The molecule has 2 heteroatoms. The first-order valence-electron chi connectivity index (χ1n) is 8.16. The molecule has 0 amide bonds. The van der Waals surface area contributed by atoms with Crippen LogP contribution < -0.4 is 4.74 Å². The van der Waals surface area contributed by atoms with Gasteiger partial charge in [0.25, 0.3) is 0 Å². The molecule has 0 saturated carbocycles. The van der Waals surface area contributed by atoms with Gasteiger partial charge in [0.1, 0.15) is 5.75 Å². The third kappa shape index (κ3) is 6.77. The smallest absolute Gasteiger partial charge is 0.119 e. The summed E-state index contributed by atoms with van der Waals surface area (Å²) in [5.74, 6) is 0.946. The molecule has 0 N–H and O–H groups in total. The minimum Gasteiger partial charge on any atom is -0.494 e. The minimum atomic E-state index is 0.809. The van der Waals surface area contributed by atoms with Gasteiger partial charge in [-0.2, -0.15) is 0 Å². The summed E-state index contributed by atoms with van der Waals surface area (Å²) in [6.45, 7) is 3.00. The normalized spacial score (nSPS) is 10.8. The van der Waals surface area contributed by atoms with Gasteiger partial charge in [-0.3, -0.25) is 0 Å². The van der Waals surface area contributed by atoms with Gasteiger partial charge in [-0.15, -0.1) is 0 Å². The van der Waals surface area contributed by atoms with Crippen LogP contribution in [0, 0.1) is 6.07 Å². The highest BCUT2D eigenvalue weighted by atomic mass is 16.5. The van der Waals surface area contributed by atoms with Crippen molar-refractivity contribution in [2.24, 2.45) is 0 Å². The summed E-state index contributed by atoms with van der Waals surface area (Å²) < 4.78 is 5.68. The molecule has 2 nitrogen and oxygen atoms in total. The van der Waals surface area contributed by atoms with Crippen LogP contribution in [-0.2, 0) is 6.54 Å². The van der Waals surface area contributed by atoms with Crippen molar-refractivity contribution in [1.29, 1.82) is 0 Å². The molecule has 2 aromatic carbocycles. The molecule has 0 spiro atoms. The van der Waals surface area contributed by atoms with Crippen LogP contribution in [-0.4, -0.2) is 25.1 Å².